The summed E-state index contributed by atoms with van der Waals surface area (Å²) >= 11 is 0. The van der Waals surface area contributed by atoms with Crippen LogP contribution in [0.4, 0.5) is 0 Å². The summed E-state index contributed by atoms with van der Waals surface area (Å²) in [6.07, 6.45) is 1.91. The molecule has 23 heavy (non-hydrogen) atoms. The Labute approximate surface area is 136 Å². The molecule has 0 atom stereocenters. The van der Waals surface area contributed by atoms with E-state index in [0.717, 1.165) is 5.69 Å². The van der Waals surface area contributed by atoms with E-state index in [1.54, 1.807) is 0 Å². The van der Waals surface area contributed by atoms with E-state index in [2.05, 4.69) is 85.6 Å². The number of pyridine rings is 1. The van der Waals surface area contributed by atoms with Crippen LogP contribution in [-0.2, 0) is 0 Å². The van der Waals surface area contributed by atoms with Crippen molar-refractivity contribution in [3.63, 3.8) is 0 Å². The van der Waals surface area contributed by atoms with E-state index in [1.165, 1.54) is 32.7 Å². The second-order valence-corrected chi connectivity index (χ2v) is 6.35. The zero-order chi connectivity index (χ0) is 15.8. The average Bonchev–Trinajstić information content (AvgIpc) is 2.61. The Morgan fingerprint density at radius 3 is 2.39 bits per heavy atom. The SMILES string of the molecule is CC(C)c1ccnc(-c2ccc3c(ccc4ccccc43)c2)c1. The standard InChI is InChI=1S/C22H19N/c1-15(2)17-11-12-23-22(14-17)19-9-10-21-18(13-19)8-7-16-5-3-4-6-20(16)21/h3-15H,1-2H3. The van der Waals surface area contributed by atoms with E-state index >= 15 is 0 Å². The molecule has 1 heterocycles. The molecular weight excluding hydrogens is 278 g/mol. The van der Waals surface area contributed by atoms with Gasteiger partial charge in [0.05, 0.1) is 5.69 Å². The molecule has 0 aliphatic carbocycles. The molecule has 0 radical (unpaired) electrons. The van der Waals surface area contributed by atoms with E-state index in [0.29, 0.717) is 5.92 Å². The van der Waals surface area contributed by atoms with Gasteiger partial charge in [-0.05, 0) is 51.2 Å². The van der Waals surface area contributed by atoms with Gasteiger partial charge < -0.3 is 0 Å². The van der Waals surface area contributed by atoms with Crippen molar-refractivity contribution in [2.24, 2.45) is 0 Å². The van der Waals surface area contributed by atoms with Crippen LogP contribution in [0.25, 0.3) is 32.8 Å². The number of aromatic nitrogens is 1. The van der Waals surface area contributed by atoms with E-state index in [4.69, 9.17) is 0 Å². The number of nitrogens with zero attached hydrogens (tertiary/aromatic N) is 1. The molecule has 4 aromatic rings. The maximum absolute atomic E-state index is 4.56. The summed E-state index contributed by atoms with van der Waals surface area (Å²) in [7, 11) is 0. The smallest absolute Gasteiger partial charge is 0.0705 e. The van der Waals surface area contributed by atoms with Crippen molar-refractivity contribution < 1.29 is 0 Å². The molecule has 1 aromatic heterocycles. The maximum atomic E-state index is 4.56. The molecule has 4 rings (SSSR count). The van der Waals surface area contributed by atoms with E-state index in [1.807, 2.05) is 6.20 Å². The van der Waals surface area contributed by atoms with Gasteiger partial charge >= 0.3 is 0 Å². The van der Waals surface area contributed by atoms with Crippen LogP contribution in [0.3, 0.4) is 0 Å². The molecule has 112 valence electrons. The van der Waals surface area contributed by atoms with Crippen LogP contribution in [0.15, 0.2) is 72.9 Å². The zero-order valence-corrected chi connectivity index (χ0v) is 13.5. The quantitative estimate of drug-likeness (QED) is 0.403. The maximum Gasteiger partial charge on any atom is 0.0705 e. The Hall–Kier alpha value is -2.67. The van der Waals surface area contributed by atoms with Crippen LogP contribution >= 0.6 is 0 Å². The molecule has 0 spiro atoms. The second-order valence-electron chi connectivity index (χ2n) is 6.35. The Kier molecular flexibility index (Phi) is 3.34. The molecule has 0 aliphatic heterocycles. The van der Waals surface area contributed by atoms with Crippen LogP contribution in [0.2, 0.25) is 0 Å². The lowest BCUT2D eigenvalue weighted by molar-refractivity contribution is 0.864. The highest BCUT2D eigenvalue weighted by Gasteiger charge is 2.06. The normalized spacial score (nSPS) is 11.4. The minimum absolute atomic E-state index is 0.515. The molecule has 0 unspecified atom stereocenters. The van der Waals surface area contributed by atoms with Crippen molar-refractivity contribution in [2.75, 3.05) is 0 Å². The van der Waals surface area contributed by atoms with Gasteiger partial charge in [0.15, 0.2) is 0 Å². The van der Waals surface area contributed by atoms with Crippen molar-refractivity contribution in [2.45, 2.75) is 19.8 Å². The van der Waals surface area contributed by atoms with Crippen molar-refractivity contribution in [3.8, 4) is 11.3 Å². The van der Waals surface area contributed by atoms with Crippen molar-refractivity contribution >= 4 is 21.5 Å². The molecule has 1 nitrogen and oxygen atoms in total. The molecule has 0 fully saturated rings. The first-order valence-electron chi connectivity index (χ1n) is 8.10. The molecule has 3 aromatic carbocycles. The lowest BCUT2D eigenvalue weighted by atomic mass is 9.97. The average molecular weight is 297 g/mol. The number of hydrogen-bond donors (Lipinski definition) is 0. The summed E-state index contributed by atoms with van der Waals surface area (Å²) < 4.78 is 0. The van der Waals surface area contributed by atoms with Crippen LogP contribution in [0.1, 0.15) is 25.3 Å². The summed E-state index contributed by atoms with van der Waals surface area (Å²) in [4.78, 5) is 4.56. The Morgan fingerprint density at radius 1 is 0.739 bits per heavy atom. The Bertz CT molecular complexity index is 999. The van der Waals surface area contributed by atoms with E-state index in [9.17, 15) is 0 Å². The van der Waals surface area contributed by atoms with Gasteiger partial charge in [0.2, 0.25) is 0 Å². The molecule has 0 amide bonds. The fraction of sp³-hybridized carbons (Fsp3) is 0.136. The Morgan fingerprint density at radius 2 is 1.52 bits per heavy atom. The monoisotopic (exact) mass is 297 g/mol. The van der Waals surface area contributed by atoms with Crippen molar-refractivity contribution in [1.82, 2.24) is 4.98 Å². The molecule has 0 bridgehead atoms. The molecule has 0 aliphatic rings. The van der Waals surface area contributed by atoms with Gasteiger partial charge in [0.1, 0.15) is 0 Å². The number of fused-ring (bicyclic) bond motifs is 3. The molecule has 0 saturated carbocycles. The highest BCUT2D eigenvalue weighted by atomic mass is 14.7. The van der Waals surface area contributed by atoms with Gasteiger partial charge in [-0.3, -0.25) is 4.98 Å². The topological polar surface area (TPSA) is 12.9 Å². The second kappa shape index (κ2) is 5.51. The highest BCUT2D eigenvalue weighted by molar-refractivity contribution is 6.08. The fourth-order valence-electron chi connectivity index (χ4n) is 3.14. The fourth-order valence-corrected chi connectivity index (χ4v) is 3.14. The summed E-state index contributed by atoms with van der Waals surface area (Å²) in [5.41, 5.74) is 3.55. The van der Waals surface area contributed by atoms with Crippen molar-refractivity contribution in [1.29, 1.82) is 0 Å². The van der Waals surface area contributed by atoms with Gasteiger partial charge in [0.25, 0.3) is 0 Å². The largest absolute Gasteiger partial charge is 0.256 e. The summed E-state index contributed by atoms with van der Waals surface area (Å²) in [6, 6.07) is 23.9. The van der Waals surface area contributed by atoms with E-state index in [-0.39, 0.29) is 0 Å². The first-order valence-corrected chi connectivity index (χ1v) is 8.10. The first kappa shape index (κ1) is 14.0. The van der Waals surface area contributed by atoms with E-state index < -0.39 is 0 Å². The summed E-state index contributed by atoms with van der Waals surface area (Å²) in [6.45, 7) is 4.43. The van der Waals surface area contributed by atoms with Crippen LogP contribution in [-0.4, -0.2) is 4.98 Å². The number of hydrogen-bond acceptors (Lipinski definition) is 1. The third-order valence-corrected chi connectivity index (χ3v) is 4.49. The minimum Gasteiger partial charge on any atom is -0.256 e. The van der Waals surface area contributed by atoms with Gasteiger partial charge in [-0.1, -0.05) is 62.4 Å². The van der Waals surface area contributed by atoms with Gasteiger partial charge in [0, 0.05) is 11.8 Å². The lowest BCUT2D eigenvalue weighted by Gasteiger charge is -2.09. The van der Waals surface area contributed by atoms with Crippen LogP contribution < -0.4 is 0 Å². The predicted molar refractivity (Wildman–Crippen MR) is 98.8 cm³/mol. The zero-order valence-electron chi connectivity index (χ0n) is 13.5. The van der Waals surface area contributed by atoms with Gasteiger partial charge in [-0.2, -0.15) is 0 Å². The molecular formula is C22H19N. The van der Waals surface area contributed by atoms with Crippen LogP contribution in [0, 0.1) is 0 Å². The summed E-state index contributed by atoms with van der Waals surface area (Å²) in [5.74, 6) is 0.515. The van der Waals surface area contributed by atoms with Crippen molar-refractivity contribution in [3.05, 3.63) is 78.5 Å². The minimum atomic E-state index is 0.515. The molecule has 0 saturated heterocycles. The number of rotatable bonds is 2. The number of benzene rings is 3. The van der Waals surface area contributed by atoms with Gasteiger partial charge in [-0.25, -0.2) is 0 Å². The Balaban J connectivity index is 1.89. The molecule has 1 heteroatoms. The highest BCUT2D eigenvalue weighted by Crippen LogP contribution is 2.29. The predicted octanol–water partition coefficient (Wildman–Crippen LogP) is 6.18. The third-order valence-electron chi connectivity index (χ3n) is 4.49. The lowest BCUT2D eigenvalue weighted by Crippen LogP contribution is -1.90. The van der Waals surface area contributed by atoms with Gasteiger partial charge in [-0.15, -0.1) is 0 Å². The summed E-state index contributed by atoms with van der Waals surface area (Å²) in [5, 5.41) is 5.15. The van der Waals surface area contributed by atoms with Crippen LogP contribution in [0.5, 0.6) is 0 Å². The first-order chi connectivity index (χ1) is 11.2. The third kappa shape index (κ3) is 2.49. The molecule has 0 N–H and O–H groups in total.